The van der Waals surface area contributed by atoms with E-state index in [1.54, 1.807) is 0 Å². The highest BCUT2D eigenvalue weighted by atomic mass is 16.2. The van der Waals surface area contributed by atoms with Crippen LogP contribution in [-0.4, -0.2) is 22.9 Å². The zero-order valence-corrected chi connectivity index (χ0v) is 9.97. The van der Waals surface area contributed by atoms with Crippen molar-refractivity contribution in [3.8, 4) is 0 Å². The Morgan fingerprint density at radius 3 is 2.57 bits per heavy atom. The van der Waals surface area contributed by atoms with Gasteiger partial charge in [-0.1, -0.05) is 27.4 Å². The quantitative estimate of drug-likeness (QED) is 0.623. The third-order valence-corrected chi connectivity index (χ3v) is 2.95. The van der Waals surface area contributed by atoms with E-state index in [4.69, 9.17) is 0 Å². The first-order valence-electron chi connectivity index (χ1n) is 5.58. The molecule has 0 aromatic carbocycles. The van der Waals surface area contributed by atoms with Crippen molar-refractivity contribution < 1.29 is 4.79 Å². The maximum Gasteiger partial charge on any atom is 0.246 e. The van der Waals surface area contributed by atoms with E-state index >= 15 is 0 Å². The van der Waals surface area contributed by atoms with Crippen molar-refractivity contribution in [2.75, 3.05) is 6.54 Å². The molecule has 0 radical (unpaired) electrons. The summed E-state index contributed by atoms with van der Waals surface area (Å²) in [5.41, 5.74) is 0.0886. The molecule has 1 aliphatic heterocycles. The van der Waals surface area contributed by atoms with Crippen molar-refractivity contribution in [3.05, 3.63) is 12.7 Å². The van der Waals surface area contributed by atoms with Crippen LogP contribution in [0.1, 0.15) is 47.0 Å². The van der Waals surface area contributed by atoms with Crippen LogP contribution in [0.2, 0.25) is 0 Å². The van der Waals surface area contributed by atoms with Crippen LogP contribution >= 0.6 is 0 Å². The third kappa shape index (κ3) is 2.60. The van der Waals surface area contributed by atoms with Gasteiger partial charge >= 0.3 is 0 Å². The molecule has 1 atom stereocenters. The fourth-order valence-electron chi connectivity index (χ4n) is 1.88. The predicted octanol–water partition coefficient (Wildman–Crippen LogP) is 2.99. The first-order valence-corrected chi connectivity index (χ1v) is 5.58. The molecule has 82 valence electrons. The Bertz CT molecular complexity index is 200. The number of rotatable bonds is 2. The van der Waals surface area contributed by atoms with E-state index < -0.39 is 0 Å². The standard InChI is InChI=1S/C10H17NO.C2H6/c1-4-9(12)11-8-6-7-10(11,3)5-2;1-2/h4H,1,5-8H2,2-3H3;1-2H3. The first-order chi connectivity index (χ1) is 6.64. The molecule has 0 saturated carbocycles. The van der Waals surface area contributed by atoms with Crippen LogP contribution in [-0.2, 0) is 4.79 Å². The largest absolute Gasteiger partial charge is 0.334 e. The molecule has 0 bridgehead atoms. The molecule has 0 N–H and O–H groups in total. The normalized spacial score (nSPS) is 25.3. The van der Waals surface area contributed by atoms with Gasteiger partial charge in [0.15, 0.2) is 0 Å². The molecular formula is C12H23NO. The maximum absolute atomic E-state index is 11.4. The van der Waals surface area contributed by atoms with Crippen LogP contribution in [0.4, 0.5) is 0 Å². The second kappa shape index (κ2) is 5.84. The molecule has 1 fully saturated rings. The van der Waals surface area contributed by atoms with Gasteiger partial charge < -0.3 is 4.90 Å². The average Bonchev–Trinajstić information content (AvgIpc) is 2.63. The van der Waals surface area contributed by atoms with Crippen LogP contribution in [0.15, 0.2) is 12.7 Å². The van der Waals surface area contributed by atoms with Gasteiger partial charge in [0.25, 0.3) is 0 Å². The van der Waals surface area contributed by atoms with Crippen LogP contribution in [0.5, 0.6) is 0 Å². The van der Waals surface area contributed by atoms with Crippen LogP contribution in [0.3, 0.4) is 0 Å². The number of nitrogens with zero attached hydrogens (tertiary/aromatic N) is 1. The lowest BCUT2D eigenvalue weighted by Gasteiger charge is -2.33. The summed E-state index contributed by atoms with van der Waals surface area (Å²) >= 11 is 0. The zero-order chi connectivity index (χ0) is 11.2. The van der Waals surface area contributed by atoms with Crippen molar-refractivity contribution in [1.82, 2.24) is 4.90 Å². The lowest BCUT2D eigenvalue weighted by Crippen LogP contribution is -2.43. The van der Waals surface area contributed by atoms with Gasteiger partial charge in [-0.3, -0.25) is 4.79 Å². The summed E-state index contributed by atoms with van der Waals surface area (Å²) in [6.45, 7) is 12.7. The Balaban J connectivity index is 0.000000791. The molecule has 0 aromatic rings. The smallest absolute Gasteiger partial charge is 0.246 e. The van der Waals surface area contributed by atoms with Crippen molar-refractivity contribution in [3.63, 3.8) is 0 Å². The van der Waals surface area contributed by atoms with Gasteiger partial charge in [0, 0.05) is 12.1 Å². The summed E-state index contributed by atoms with van der Waals surface area (Å²) in [6.07, 6.45) is 4.71. The second-order valence-corrected chi connectivity index (χ2v) is 3.65. The fourth-order valence-corrected chi connectivity index (χ4v) is 1.88. The van der Waals surface area contributed by atoms with Crippen LogP contribution in [0, 0.1) is 0 Å². The average molecular weight is 197 g/mol. The molecule has 14 heavy (non-hydrogen) atoms. The van der Waals surface area contributed by atoms with E-state index in [2.05, 4.69) is 20.4 Å². The van der Waals surface area contributed by atoms with Gasteiger partial charge in [-0.2, -0.15) is 0 Å². The highest BCUT2D eigenvalue weighted by Gasteiger charge is 2.36. The summed E-state index contributed by atoms with van der Waals surface area (Å²) in [5, 5.41) is 0. The van der Waals surface area contributed by atoms with E-state index in [0.717, 1.165) is 25.8 Å². The van der Waals surface area contributed by atoms with Gasteiger partial charge in [-0.15, -0.1) is 0 Å². The summed E-state index contributed by atoms with van der Waals surface area (Å²) in [5.74, 6) is 0.0804. The Morgan fingerprint density at radius 1 is 1.57 bits per heavy atom. The van der Waals surface area contributed by atoms with Crippen LogP contribution < -0.4 is 0 Å². The number of carbonyl (C=O) groups excluding carboxylic acids is 1. The molecule has 1 rings (SSSR count). The number of carbonyl (C=O) groups is 1. The number of likely N-dealkylation sites (tertiary alicyclic amines) is 1. The SMILES string of the molecule is C=CC(=O)N1CCCC1(C)CC.CC. The molecule has 0 spiro atoms. The second-order valence-electron chi connectivity index (χ2n) is 3.65. The number of hydrogen-bond acceptors (Lipinski definition) is 1. The minimum atomic E-state index is 0.0804. The van der Waals surface area contributed by atoms with Gasteiger partial charge in [-0.25, -0.2) is 0 Å². The van der Waals surface area contributed by atoms with E-state index in [1.165, 1.54) is 6.08 Å². The Kier molecular flexibility index (Phi) is 5.51. The molecule has 0 aromatic heterocycles. The van der Waals surface area contributed by atoms with E-state index in [0.29, 0.717) is 0 Å². The monoisotopic (exact) mass is 197 g/mol. The molecule has 1 unspecified atom stereocenters. The Morgan fingerprint density at radius 2 is 2.14 bits per heavy atom. The van der Waals surface area contributed by atoms with E-state index in [9.17, 15) is 4.79 Å². The minimum Gasteiger partial charge on any atom is -0.334 e. The highest BCUT2D eigenvalue weighted by Crippen LogP contribution is 2.31. The topological polar surface area (TPSA) is 20.3 Å². The number of amides is 1. The Hall–Kier alpha value is -0.790. The van der Waals surface area contributed by atoms with Gasteiger partial charge in [0.1, 0.15) is 0 Å². The summed E-state index contributed by atoms with van der Waals surface area (Å²) in [4.78, 5) is 13.3. The minimum absolute atomic E-state index is 0.0804. The van der Waals surface area contributed by atoms with Gasteiger partial charge in [0.05, 0.1) is 0 Å². The molecule has 2 heteroatoms. The van der Waals surface area contributed by atoms with Crippen molar-refractivity contribution >= 4 is 5.91 Å². The summed E-state index contributed by atoms with van der Waals surface area (Å²) < 4.78 is 0. The first kappa shape index (κ1) is 13.2. The lowest BCUT2D eigenvalue weighted by molar-refractivity contribution is -0.129. The molecule has 1 amide bonds. The van der Waals surface area contributed by atoms with Crippen molar-refractivity contribution in [1.29, 1.82) is 0 Å². The summed E-state index contributed by atoms with van der Waals surface area (Å²) in [6, 6.07) is 0. The van der Waals surface area contributed by atoms with E-state index in [1.807, 2.05) is 18.7 Å². The number of hydrogen-bond donors (Lipinski definition) is 0. The third-order valence-electron chi connectivity index (χ3n) is 2.95. The molecule has 0 aliphatic carbocycles. The van der Waals surface area contributed by atoms with Gasteiger partial charge in [-0.05, 0) is 32.3 Å². The molecular weight excluding hydrogens is 174 g/mol. The Labute approximate surface area is 88.0 Å². The maximum atomic E-state index is 11.4. The molecule has 2 nitrogen and oxygen atoms in total. The van der Waals surface area contributed by atoms with E-state index in [-0.39, 0.29) is 11.4 Å². The lowest BCUT2D eigenvalue weighted by atomic mass is 9.95. The predicted molar refractivity (Wildman–Crippen MR) is 61.2 cm³/mol. The van der Waals surface area contributed by atoms with Crippen LogP contribution in [0.25, 0.3) is 0 Å². The highest BCUT2D eigenvalue weighted by molar-refractivity contribution is 5.87. The molecule has 1 aliphatic rings. The van der Waals surface area contributed by atoms with Crippen molar-refractivity contribution in [2.24, 2.45) is 0 Å². The van der Waals surface area contributed by atoms with Gasteiger partial charge in [0.2, 0.25) is 5.91 Å². The summed E-state index contributed by atoms with van der Waals surface area (Å²) in [7, 11) is 0. The zero-order valence-electron chi connectivity index (χ0n) is 9.97. The molecule has 1 saturated heterocycles. The molecule has 1 heterocycles. The fraction of sp³-hybridized carbons (Fsp3) is 0.750. The van der Waals surface area contributed by atoms with Crippen molar-refractivity contribution in [2.45, 2.75) is 52.5 Å².